The van der Waals surface area contributed by atoms with Crippen LogP contribution in [-0.2, 0) is 0 Å². The summed E-state index contributed by atoms with van der Waals surface area (Å²) in [5, 5.41) is 10.6. The van der Waals surface area contributed by atoms with Gasteiger partial charge in [0.25, 0.3) is 0 Å². The van der Waals surface area contributed by atoms with Crippen LogP contribution in [0.5, 0.6) is 0 Å². The van der Waals surface area contributed by atoms with E-state index in [1.807, 2.05) is 12.1 Å². The van der Waals surface area contributed by atoms with Crippen LogP contribution in [0.1, 0.15) is 50.0 Å². The fourth-order valence-corrected chi connectivity index (χ4v) is 3.06. The lowest BCUT2D eigenvalue weighted by molar-refractivity contribution is 0.0741. The van der Waals surface area contributed by atoms with Gasteiger partial charge in [0.2, 0.25) is 0 Å². The molecule has 0 amide bonds. The Kier molecular flexibility index (Phi) is 5.14. The topological polar surface area (TPSA) is 59.1 Å². The molecule has 3 N–H and O–H groups in total. The molecule has 0 saturated heterocycles. The van der Waals surface area contributed by atoms with Crippen molar-refractivity contribution in [1.82, 2.24) is 4.98 Å². The fourth-order valence-electron chi connectivity index (χ4n) is 3.06. The summed E-state index contributed by atoms with van der Waals surface area (Å²) in [6.07, 6.45) is 10.6. The highest BCUT2D eigenvalue weighted by Gasteiger charge is 2.28. The van der Waals surface area contributed by atoms with Gasteiger partial charge in [-0.15, -0.1) is 0 Å². The Labute approximate surface area is 109 Å². The van der Waals surface area contributed by atoms with E-state index in [-0.39, 0.29) is 12.0 Å². The van der Waals surface area contributed by atoms with Crippen LogP contribution >= 0.6 is 0 Å². The summed E-state index contributed by atoms with van der Waals surface area (Å²) >= 11 is 0. The number of hydrogen-bond donors (Lipinski definition) is 2. The monoisotopic (exact) mass is 248 g/mol. The highest BCUT2D eigenvalue weighted by Crippen LogP contribution is 2.32. The van der Waals surface area contributed by atoms with E-state index in [1.165, 1.54) is 25.7 Å². The van der Waals surface area contributed by atoms with Crippen molar-refractivity contribution in [2.45, 2.75) is 50.5 Å². The first-order valence-corrected chi connectivity index (χ1v) is 7.11. The Morgan fingerprint density at radius 1 is 1.17 bits per heavy atom. The van der Waals surface area contributed by atoms with Crippen molar-refractivity contribution in [2.24, 2.45) is 11.7 Å². The lowest BCUT2D eigenvalue weighted by atomic mass is 9.82. The number of pyridine rings is 1. The molecule has 1 aromatic heterocycles. The number of rotatable bonds is 4. The predicted molar refractivity (Wildman–Crippen MR) is 73.2 cm³/mol. The van der Waals surface area contributed by atoms with Crippen molar-refractivity contribution in [3.8, 4) is 0 Å². The zero-order chi connectivity index (χ0) is 12.8. The van der Waals surface area contributed by atoms with Crippen LogP contribution in [0.3, 0.4) is 0 Å². The molecule has 2 atom stereocenters. The molecule has 100 valence electrons. The third-order valence-electron chi connectivity index (χ3n) is 4.18. The second-order valence-corrected chi connectivity index (χ2v) is 5.36. The van der Waals surface area contributed by atoms with Crippen molar-refractivity contribution < 1.29 is 5.11 Å². The minimum atomic E-state index is -0.310. The quantitative estimate of drug-likeness (QED) is 0.805. The number of aliphatic hydroxyl groups is 1. The van der Waals surface area contributed by atoms with Crippen LogP contribution in [0.2, 0.25) is 0 Å². The SMILES string of the molecule is NCC(c1ccncc1)C(O)C1CCCCCC1. The zero-order valence-corrected chi connectivity index (χ0v) is 11.0. The Hall–Kier alpha value is -0.930. The van der Waals surface area contributed by atoms with E-state index < -0.39 is 0 Å². The summed E-state index contributed by atoms with van der Waals surface area (Å²) in [6, 6.07) is 3.94. The molecule has 1 fully saturated rings. The van der Waals surface area contributed by atoms with E-state index in [2.05, 4.69) is 4.98 Å². The second-order valence-electron chi connectivity index (χ2n) is 5.36. The van der Waals surface area contributed by atoms with Crippen molar-refractivity contribution >= 4 is 0 Å². The molecule has 0 radical (unpaired) electrons. The van der Waals surface area contributed by atoms with E-state index in [0.717, 1.165) is 18.4 Å². The molecular formula is C15H24N2O. The lowest BCUT2D eigenvalue weighted by Gasteiger charge is -2.28. The highest BCUT2D eigenvalue weighted by molar-refractivity contribution is 5.18. The van der Waals surface area contributed by atoms with E-state index >= 15 is 0 Å². The first-order chi connectivity index (χ1) is 8.83. The Morgan fingerprint density at radius 3 is 2.33 bits per heavy atom. The molecule has 2 unspecified atom stereocenters. The average Bonchev–Trinajstić information content (AvgIpc) is 2.69. The summed E-state index contributed by atoms with van der Waals surface area (Å²) in [5.41, 5.74) is 6.99. The van der Waals surface area contributed by atoms with E-state index in [1.54, 1.807) is 12.4 Å². The smallest absolute Gasteiger partial charge is 0.0649 e. The molecule has 1 heterocycles. The maximum absolute atomic E-state index is 10.6. The van der Waals surface area contributed by atoms with Crippen molar-refractivity contribution in [1.29, 1.82) is 0 Å². The highest BCUT2D eigenvalue weighted by atomic mass is 16.3. The molecule has 1 aliphatic carbocycles. The van der Waals surface area contributed by atoms with Gasteiger partial charge in [-0.1, -0.05) is 25.7 Å². The molecule has 1 saturated carbocycles. The Balaban J connectivity index is 2.06. The maximum Gasteiger partial charge on any atom is 0.0649 e. The van der Waals surface area contributed by atoms with Gasteiger partial charge in [-0.05, 0) is 36.5 Å². The van der Waals surface area contributed by atoms with E-state index in [4.69, 9.17) is 5.73 Å². The van der Waals surface area contributed by atoms with Gasteiger partial charge in [0.05, 0.1) is 6.10 Å². The third-order valence-corrected chi connectivity index (χ3v) is 4.18. The van der Waals surface area contributed by atoms with Gasteiger partial charge in [0.15, 0.2) is 0 Å². The summed E-state index contributed by atoms with van der Waals surface area (Å²) in [6.45, 7) is 0.502. The summed E-state index contributed by atoms with van der Waals surface area (Å²) in [4.78, 5) is 4.03. The average molecular weight is 248 g/mol. The fraction of sp³-hybridized carbons (Fsp3) is 0.667. The van der Waals surface area contributed by atoms with Gasteiger partial charge in [-0.25, -0.2) is 0 Å². The molecule has 3 heteroatoms. The molecule has 3 nitrogen and oxygen atoms in total. The molecule has 0 bridgehead atoms. The normalized spacial score (nSPS) is 21.2. The van der Waals surface area contributed by atoms with Crippen molar-refractivity contribution in [3.63, 3.8) is 0 Å². The first kappa shape index (κ1) is 13.5. The molecule has 0 aliphatic heterocycles. The van der Waals surface area contributed by atoms with Gasteiger partial charge in [0, 0.05) is 24.9 Å². The number of aromatic nitrogens is 1. The largest absolute Gasteiger partial charge is 0.392 e. The van der Waals surface area contributed by atoms with Gasteiger partial charge < -0.3 is 10.8 Å². The second kappa shape index (κ2) is 6.86. The summed E-state index contributed by atoms with van der Waals surface area (Å²) in [7, 11) is 0. The first-order valence-electron chi connectivity index (χ1n) is 7.11. The van der Waals surface area contributed by atoms with Crippen LogP contribution in [0.25, 0.3) is 0 Å². The van der Waals surface area contributed by atoms with Crippen LogP contribution in [0.4, 0.5) is 0 Å². The zero-order valence-electron chi connectivity index (χ0n) is 11.0. The summed E-state index contributed by atoms with van der Waals surface area (Å²) in [5.74, 6) is 0.463. The molecule has 2 rings (SSSR count). The minimum absolute atomic E-state index is 0.0519. The molecule has 0 aromatic carbocycles. The Bertz CT molecular complexity index is 334. The molecule has 18 heavy (non-hydrogen) atoms. The lowest BCUT2D eigenvalue weighted by Crippen LogP contribution is -2.32. The summed E-state index contributed by atoms with van der Waals surface area (Å²) < 4.78 is 0. The molecule has 1 aliphatic rings. The third kappa shape index (κ3) is 3.30. The van der Waals surface area contributed by atoms with Crippen molar-refractivity contribution in [3.05, 3.63) is 30.1 Å². The number of nitrogens with zero attached hydrogens (tertiary/aromatic N) is 1. The number of hydrogen-bond acceptors (Lipinski definition) is 3. The maximum atomic E-state index is 10.6. The van der Waals surface area contributed by atoms with E-state index in [0.29, 0.717) is 12.5 Å². The van der Waals surface area contributed by atoms with Gasteiger partial charge in [-0.2, -0.15) is 0 Å². The molecular weight excluding hydrogens is 224 g/mol. The van der Waals surface area contributed by atoms with Crippen molar-refractivity contribution in [2.75, 3.05) is 6.54 Å². The van der Waals surface area contributed by atoms with Crippen LogP contribution < -0.4 is 5.73 Å². The number of nitrogens with two attached hydrogens (primary N) is 1. The van der Waals surface area contributed by atoms with Crippen LogP contribution in [0.15, 0.2) is 24.5 Å². The molecule has 1 aromatic rings. The molecule has 0 spiro atoms. The van der Waals surface area contributed by atoms with Crippen LogP contribution in [0, 0.1) is 5.92 Å². The van der Waals surface area contributed by atoms with Gasteiger partial charge >= 0.3 is 0 Å². The van der Waals surface area contributed by atoms with Gasteiger partial charge in [-0.3, -0.25) is 4.98 Å². The van der Waals surface area contributed by atoms with Crippen LogP contribution in [-0.4, -0.2) is 22.7 Å². The van der Waals surface area contributed by atoms with E-state index in [9.17, 15) is 5.11 Å². The van der Waals surface area contributed by atoms with Gasteiger partial charge in [0.1, 0.15) is 0 Å². The number of aliphatic hydroxyl groups excluding tert-OH is 1. The standard InChI is InChI=1S/C15H24N2O/c16-11-14(12-7-9-17-10-8-12)15(18)13-5-3-1-2-4-6-13/h7-10,13-15,18H,1-6,11,16H2. The predicted octanol–water partition coefficient (Wildman–Crippen LogP) is 2.46. The minimum Gasteiger partial charge on any atom is -0.392 e. The Morgan fingerprint density at radius 2 is 1.78 bits per heavy atom.